The predicted octanol–water partition coefficient (Wildman–Crippen LogP) is 4.36. The molecule has 0 heterocycles. The van der Waals surface area contributed by atoms with Crippen molar-refractivity contribution in [3.8, 4) is 5.75 Å². The summed E-state index contributed by atoms with van der Waals surface area (Å²) < 4.78 is 11.0. The SMILES string of the molecule is C=C(OCCCC)C1=CCCc2cc(OC)ccc21. The molecule has 102 valence electrons. The Labute approximate surface area is 115 Å². The summed E-state index contributed by atoms with van der Waals surface area (Å²) in [5, 5.41) is 0. The summed E-state index contributed by atoms with van der Waals surface area (Å²) in [6.07, 6.45) is 6.52. The quantitative estimate of drug-likeness (QED) is 0.557. The zero-order valence-electron chi connectivity index (χ0n) is 11.9. The first-order valence-corrected chi connectivity index (χ1v) is 6.95. The molecule has 1 aliphatic rings. The van der Waals surface area contributed by atoms with Crippen LogP contribution in [0.15, 0.2) is 36.6 Å². The summed E-state index contributed by atoms with van der Waals surface area (Å²) in [4.78, 5) is 0. The van der Waals surface area contributed by atoms with Gasteiger partial charge < -0.3 is 9.47 Å². The average molecular weight is 258 g/mol. The first kappa shape index (κ1) is 13.7. The van der Waals surface area contributed by atoms with E-state index in [-0.39, 0.29) is 0 Å². The van der Waals surface area contributed by atoms with Crippen molar-refractivity contribution in [3.05, 3.63) is 47.7 Å². The van der Waals surface area contributed by atoms with E-state index >= 15 is 0 Å². The van der Waals surface area contributed by atoms with E-state index in [2.05, 4.69) is 31.7 Å². The van der Waals surface area contributed by atoms with Gasteiger partial charge in [-0.25, -0.2) is 0 Å². The van der Waals surface area contributed by atoms with Crippen molar-refractivity contribution in [2.75, 3.05) is 13.7 Å². The number of methoxy groups -OCH3 is 1. The van der Waals surface area contributed by atoms with Crippen molar-refractivity contribution < 1.29 is 9.47 Å². The molecule has 0 saturated carbocycles. The maximum Gasteiger partial charge on any atom is 0.119 e. The zero-order chi connectivity index (χ0) is 13.7. The fourth-order valence-corrected chi connectivity index (χ4v) is 2.33. The van der Waals surface area contributed by atoms with Gasteiger partial charge in [-0.05, 0) is 42.5 Å². The number of unbranched alkanes of at least 4 members (excludes halogenated alkanes) is 1. The molecule has 2 nitrogen and oxygen atoms in total. The Hall–Kier alpha value is -1.70. The molecule has 0 spiro atoms. The average Bonchev–Trinajstić information content (AvgIpc) is 2.46. The van der Waals surface area contributed by atoms with E-state index in [1.165, 1.54) is 11.1 Å². The van der Waals surface area contributed by atoms with Crippen LogP contribution in [0.25, 0.3) is 5.57 Å². The van der Waals surface area contributed by atoms with Crippen molar-refractivity contribution in [3.63, 3.8) is 0 Å². The van der Waals surface area contributed by atoms with E-state index in [0.717, 1.165) is 49.4 Å². The molecule has 0 fully saturated rings. The van der Waals surface area contributed by atoms with Gasteiger partial charge in [-0.15, -0.1) is 0 Å². The second-order valence-corrected chi connectivity index (χ2v) is 4.80. The number of allylic oxidation sites excluding steroid dienone is 2. The van der Waals surface area contributed by atoms with Crippen molar-refractivity contribution >= 4 is 5.57 Å². The molecule has 2 rings (SSSR count). The molecule has 0 saturated heterocycles. The molecular weight excluding hydrogens is 236 g/mol. The maximum absolute atomic E-state index is 5.74. The lowest BCUT2D eigenvalue weighted by Crippen LogP contribution is -2.04. The van der Waals surface area contributed by atoms with E-state index in [1.807, 2.05) is 6.07 Å². The van der Waals surface area contributed by atoms with Crippen LogP contribution in [0.4, 0.5) is 0 Å². The molecule has 0 atom stereocenters. The van der Waals surface area contributed by atoms with Gasteiger partial charge in [-0.2, -0.15) is 0 Å². The highest BCUT2D eigenvalue weighted by molar-refractivity contribution is 5.80. The Bertz CT molecular complexity index is 486. The molecule has 19 heavy (non-hydrogen) atoms. The number of ether oxygens (including phenoxy) is 2. The summed E-state index contributed by atoms with van der Waals surface area (Å²) in [7, 11) is 1.70. The normalized spacial score (nSPS) is 13.5. The van der Waals surface area contributed by atoms with Crippen molar-refractivity contribution in [2.45, 2.75) is 32.6 Å². The largest absolute Gasteiger partial charge is 0.497 e. The van der Waals surface area contributed by atoms with Crippen LogP contribution in [0.2, 0.25) is 0 Å². The molecule has 0 amide bonds. The predicted molar refractivity (Wildman–Crippen MR) is 79.3 cm³/mol. The van der Waals surface area contributed by atoms with E-state index in [0.29, 0.717) is 0 Å². The van der Waals surface area contributed by atoms with Gasteiger partial charge in [0.05, 0.1) is 13.7 Å². The fourth-order valence-electron chi connectivity index (χ4n) is 2.33. The third kappa shape index (κ3) is 3.19. The first-order chi connectivity index (χ1) is 9.26. The minimum atomic E-state index is 0.748. The summed E-state index contributed by atoms with van der Waals surface area (Å²) >= 11 is 0. The topological polar surface area (TPSA) is 18.5 Å². The molecule has 2 heteroatoms. The number of hydrogen-bond acceptors (Lipinski definition) is 2. The van der Waals surface area contributed by atoms with Crippen LogP contribution in [-0.4, -0.2) is 13.7 Å². The lowest BCUT2D eigenvalue weighted by atomic mass is 9.90. The number of fused-ring (bicyclic) bond motifs is 1. The highest BCUT2D eigenvalue weighted by atomic mass is 16.5. The number of aryl methyl sites for hydroxylation is 1. The van der Waals surface area contributed by atoms with Crippen molar-refractivity contribution in [1.29, 1.82) is 0 Å². The molecule has 0 N–H and O–H groups in total. The van der Waals surface area contributed by atoms with Crippen LogP contribution < -0.4 is 4.74 Å². The molecule has 1 aliphatic carbocycles. The minimum absolute atomic E-state index is 0.748. The van der Waals surface area contributed by atoms with Crippen LogP contribution in [-0.2, 0) is 11.2 Å². The van der Waals surface area contributed by atoms with E-state index in [4.69, 9.17) is 9.47 Å². The van der Waals surface area contributed by atoms with Crippen molar-refractivity contribution in [2.24, 2.45) is 0 Å². The molecule has 0 radical (unpaired) electrons. The van der Waals surface area contributed by atoms with Gasteiger partial charge in [0, 0.05) is 5.57 Å². The van der Waals surface area contributed by atoms with Gasteiger partial charge in [0.2, 0.25) is 0 Å². The number of benzene rings is 1. The molecule has 0 aromatic heterocycles. The second kappa shape index (κ2) is 6.46. The fraction of sp³-hybridized carbons (Fsp3) is 0.412. The zero-order valence-corrected chi connectivity index (χ0v) is 11.9. The molecular formula is C17H22O2. The first-order valence-electron chi connectivity index (χ1n) is 6.95. The monoisotopic (exact) mass is 258 g/mol. The Kier molecular flexibility index (Phi) is 4.67. The van der Waals surface area contributed by atoms with E-state index < -0.39 is 0 Å². The smallest absolute Gasteiger partial charge is 0.119 e. The van der Waals surface area contributed by atoms with Crippen LogP contribution in [0.3, 0.4) is 0 Å². The second-order valence-electron chi connectivity index (χ2n) is 4.80. The lowest BCUT2D eigenvalue weighted by Gasteiger charge is -2.20. The summed E-state index contributed by atoms with van der Waals surface area (Å²) in [6, 6.07) is 6.21. The van der Waals surface area contributed by atoms with Gasteiger partial charge >= 0.3 is 0 Å². The standard InChI is InChI=1S/C17H22O2/c1-4-5-11-19-13(2)16-8-6-7-14-12-15(18-3)9-10-17(14)16/h8-10,12H,2,4-7,11H2,1,3H3. The van der Waals surface area contributed by atoms with Gasteiger partial charge in [0.15, 0.2) is 0 Å². The summed E-state index contributed by atoms with van der Waals surface area (Å²) in [6.45, 7) is 6.98. The molecule has 1 aromatic rings. The summed E-state index contributed by atoms with van der Waals surface area (Å²) in [5.41, 5.74) is 3.69. The molecule has 1 aromatic carbocycles. The minimum Gasteiger partial charge on any atom is -0.497 e. The Morgan fingerprint density at radius 1 is 1.37 bits per heavy atom. The lowest BCUT2D eigenvalue weighted by molar-refractivity contribution is 0.224. The van der Waals surface area contributed by atoms with Crippen LogP contribution in [0.5, 0.6) is 5.75 Å². The van der Waals surface area contributed by atoms with Gasteiger partial charge in [0.25, 0.3) is 0 Å². The number of hydrogen-bond donors (Lipinski definition) is 0. The maximum atomic E-state index is 5.74. The Morgan fingerprint density at radius 2 is 2.21 bits per heavy atom. The van der Waals surface area contributed by atoms with Gasteiger partial charge in [-0.3, -0.25) is 0 Å². The molecule has 0 unspecified atom stereocenters. The van der Waals surface area contributed by atoms with Crippen LogP contribution in [0, 0.1) is 0 Å². The Morgan fingerprint density at radius 3 is 2.95 bits per heavy atom. The Balaban J connectivity index is 2.16. The van der Waals surface area contributed by atoms with Crippen molar-refractivity contribution in [1.82, 2.24) is 0 Å². The molecule has 0 aliphatic heterocycles. The van der Waals surface area contributed by atoms with Gasteiger partial charge in [-0.1, -0.05) is 32.1 Å². The van der Waals surface area contributed by atoms with E-state index in [9.17, 15) is 0 Å². The third-order valence-electron chi connectivity index (χ3n) is 3.44. The van der Waals surface area contributed by atoms with E-state index in [1.54, 1.807) is 7.11 Å². The number of rotatable bonds is 6. The van der Waals surface area contributed by atoms with Crippen LogP contribution >= 0.6 is 0 Å². The van der Waals surface area contributed by atoms with Gasteiger partial charge in [0.1, 0.15) is 11.5 Å². The van der Waals surface area contributed by atoms with Crippen LogP contribution in [0.1, 0.15) is 37.3 Å². The third-order valence-corrected chi connectivity index (χ3v) is 3.44. The highest BCUT2D eigenvalue weighted by Crippen LogP contribution is 2.33. The summed E-state index contributed by atoms with van der Waals surface area (Å²) in [5.74, 6) is 1.71. The highest BCUT2D eigenvalue weighted by Gasteiger charge is 2.16. The molecule has 0 bridgehead atoms.